The van der Waals surface area contributed by atoms with Gasteiger partial charge in [0.2, 0.25) is 11.8 Å². The van der Waals surface area contributed by atoms with Crippen molar-refractivity contribution < 1.29 is 9.59 Å². The Morgan fingerprint density at radius 3 is 2.24 bits per heavy atom. The van der Waals surface area contributed by atoms with Crippen LogP contribution in [0.5, 0.6) is 0 Å². The average molecular weight is 338 g/mol. The van der Waals surface area contributed by atoms with Crippen molar-refractivity contribution in [1.29, 1.82) is 0 Å². The Bertz CT molecular complexity index is 781. The summed E-state index contributed by atoms with van der Waals surface area (Å²) in [5, 5.41) is 2.90. The maximum atomic E-state index is 12.5. The van der Waals surface area contributed by atoms with E-state index in [1.165, 1.54) is 6.92 Å². The molecule has 2 aromatic carbocycles. The molecule has 132 valence electrons. The van der Waals surface area contributed by atoms with E-state index in [4.69, 9.17) is 0 Å². The highest BCUT2D eigenvalue weighted by molar-refractivity contribution is 6.03. The number of rotatable bonds is 5. The number of anilines is 2. The zero-order valence-corrected chi connectivity index (χ0v) is 15.6. The van der Waals surface area contributed by atoms with Crippen molar-refractivity contribution in [2.24, 2.45) is 0 Å². The smallest absolute Gasteiger partial charge is 0.244 e. The second kappa shape index (κ2) is 7.97. The molecule has 0 saturated heterocycles. The molecule has 0 atom stereocenters. The summed E-state index contributed by atoms with van der Waals surface area (Å²) in [6, 6.07) is 13.6. The van der Waals surface area contributed by atoms with Crippen LogP contribution >= 0.6 is 0 Å². The fourth-order valence-electron chi connectivity index (χ4n) is 2.91. The molecule has 0 radical (unpaired) electrons. The van der Waals surface area contributed by atoms with Crippen molar-refractivity contribution in [3.05, 3.63) is 59.2 Å². The van der Waals surface area contributed by atoms with Crippen LogP contribution in [0.4, 0.5) is 11.4 Å². The summed E-state index contributed by atoms with van der Waals surface area (Å²) in [6.07, 6.45) is 0. The molecule has 0 aliphatic rings. The van der Waals surface area contributed by atoms with E-state index < -0.39 is 0 Å². The topological polar surface area (TPSA) is 49.4 Å². The molecule has 1 N–H and O–H groups in total. The van der Waals surface area contributed by atoms with Gasteiger partial charge in [-0.05, 0) is 42.5 Å². The first-order valence-corrected chi connectivity index (χ1v) is 8.54. The first-order chi connectivity index (χ1) is 11.8. The van der Waals surface area contributed by atoms with Crippen LogP contribution in [0.1, 0.15) is 43.4 Å². The summed E-state index contributed by atoms with van der Waals surface area (Å²) in [5.41, 5.74) is 4.66. The molecular weight excluding hydrogens is 312 g/mol. The zero-order valence-electron chi connectivity index (χ0n) is 15.6. The van der Waals surface area contributed by atoms with Crippen LogP contribution in [-0.2, 0) is 9.59 Å². The van der Waals surface area contributed by atoms with Crippen LogP contribution in [0.15, 0.2) is 42.5 Å². The minimum Gasteiger partial charge on any atom is -0.324 e. The lowest BCUT2D eigenvalue weighted by Crippen LogP contribution is -2.38. The molecule has 2 aromatic rings. The van der Waals surface area contributed by atoms with Crippen molar-refractivity contribution >= 4 is 23.2 Å². The van der Waals surface area contributed by atoms with E-state index in [1.807, 2.05) is 56.3 Å². The van der Waals surface area contributed by atoms with Gasteiger partial charge in [-0.2, -0.15) is 0 Å². The molecule has 2 rings (SSSR count). The molecular formula is C21H26N2O2. The molecule has 0 aliphatic carbocycles. The van der Waals surface area contributed by atoms with Gasteiger partial charge >= 0.3 is 0 Å². The van der Waals surface area contributed by atoms with Crippen LogP contribution in [-0.4, -0.2) is 18.4 Å². The van der Waals surface area contributed by atoms with Crippen LogP contribution in [0.3, 0.4) is 0 Å². The molecule has 0 fully saturated rings. The third-order valence-electron chi connectivity index (χ3n) is 4.26. The van der Waals surface area contributed by atoms with Gasteiger partial charge in [0.05, 0.1) is 5.69 Å². The molecule has 0 unspecified atom stereocenters. The largest absolute Gasteiger partial charge is 0.324 e. The fourth-order valence-corrected chi connectivity index (χ4v) is 2.91. The average Bonchev–Trinajstić information content (AvgIpc) is 2.54. The van der Waals surface area contributed by atoms with Gasteiger partial charge in [0.25, 0.3) is 0 Å². The van der Waals surface area contributed by atoms with E-state index in [0.29, 0.717) is 0 Å². The highest BCUT2D eigenvalue weighted by atomic mass is 16.2. The Labute approximate surface area is 149 Å². The van der Waals surface area contributed by atoms with E-state index in [2.05, 4.69) is 19.2 Å². The molecule has 4 heteroatoms. The van der Waals surface area contributed by atoms with E-state index in [9.17, 15) is 9.59 Å². The lowest BCUT2D eigenvalue weighted by molar-refractivity contribution is -0.120. The molecule has 0 saturated carbocycles. The van der Waals surface area contributed by atoms with Gasteiger partial charge in [-0.15, -0.1) is 0 Å². The number of amides is 2. The summed E-state index contributed by atoms with van der Waals surface area (Å²) in [7, 11) is 0. The van der Waals surface area contributed by atoms with Crippen LogP contribution in [0, 0.1) is 13.8 Å². The summed E-state index contributed by atoms with van der Waals surface area (Å²) >= 11 is 0. The number of aryl methyl sites for hydroxylation is 2. The van der Waals surface area contributed by atoms with Crippen molar-refractivity contribution in [2.75, 3.05) is 16.8 Å². The molecule has 0 aliphatic heterocycles. The van der Waals surface area contributed by atoms with E-state index in [1.54, 1.807) is 4.90 Å². The monoisotopic (exact) mass is 338 g/mol. The molecule has 0 spiro atoms. The molecule has 4 nitrogen and oxygen atoms in total. The number of nitrogens with zero attached hydrogens (tertiary/aromatic N) is 1. The predicted molar refractivity (Wildman–Crippen MR) is 103 cm³/mol. The SMILES string of the molecule is CC(=O)N(CC(=O)Nc1ccccc1C)c1c(C)cccc1C(C)C. The van der Waals surface area contributed by atoms with E-state index in [-0.39, 0.29) is 24.3 Å². The Balaban J connectivity index is 2.30. The van der Waals surface area contributed by atoms with Gasteiger partial charge in [-0.3, -0.25) is 9.59 Å². The van der Waals surface area contributed by atoms with Gasteiger partial charge in [-0.25, -0.2) is 0 Å². The minimum atomic E-state index is -0.206. The van der Waals surface area contributed by atoms with Gasteiger partial charge in [-0.1, -0.05) is 50.2 Å². The third kappa shape index (κ3) is 4.47. The lowest BCUT2D eigenvalue weighted by atomic mass is 9.97. The number of carbonyl (C=O) groups excluding carboxylic acids is 2. The number of hydrogen-bond donors (Lipinski definition) is 1. The van der Waals surface area contributed by atoms with Crippen LogP contribution in [0.25, 0.3) is 0 Å². The number of para-hydroxylation sites is 2. The number of benzene rings is 2. The summed E-state index contributed by atoms with van der Waals surface area (Å²) in [6.45, 7) is 9.58. The maximum absolute atomic E-state index is 12.5. The van der Waals surface area contributed by atoms with Crippen LogP contribution in [0.2, 0.25) is 0 Å². The van der Waals surface area contributed by atoms with E-state index >= 15 is 0 Å². The fraction of sp³-hybridized carbons (Fsp3) is 0.333. The Morgan fingerprint density at radius 2 is 1.64 bits per heavy atom. The minimum absolute atomic E-state index is 0.00571. The maximum Gasteiger partial charge on any atom is 0.244 e. The second-order valence-corrected chi connectivity index (χ2v) is 6.64. The normalized spacial score (nSPS) is 10.6. The van der Waals surface area contributed by atoms with Gasteiger partial charge in [0.15, 0.2) is 0 Å². The van der Waals surface area contributed by atoms with Gasteiger partial charge in [0.1, 0.15) is 6.54 Å². The van der Waals surface area contributed by atoms with Crippen LogP contribution < -0.4 is 10.2 Å². The summed E-state index contributed by atoms with van der Waals surface area (Å²) < 4.78 is 0. The first kappa shape index (κ1) is 18.7. The molecule has 2 amide bonds. The number of nitrogens with one attached hydrogen (secondary N) is 1. The Morgan fingerprint density at radius 1 is 1.00 bits per heavy atom. The Hall–Kier alpha value is -2.62. The molecule has 0 bridgehead atoms. The van der Waals surface area contributed by atoms with Gasteiger partial charge < -0.3 is 10.2 Å². The van der Waals surface area contributed by atoms with Crippen molar-refractivity contribution in [2.45, 2.75) is 40.5 Å². The lowest BCUT2D eigenvalue weighted by Gasteiger charge is -2.27. The molecule has 25 heavy (non-hydrogen) atoms. The molecule has 0 aromatic heterocycles. The standard InChI is InChI=1S/C21H26N2O2/c1-14(2)18-11-8-10-16(4)21(18)23(17(5)24)13-20(25)22-19-12-7-6-9-15(19)3/h6-12,14H,13H2,1-5H3,(H,22,25). The van der Waals surface area contributed by atoms with Gasteiger partial charge in [0, 0.05) is 12.6 Å². The summed E-state index contributed by atoms with van der Waals surface area (Å²) in [4.78, 5) is 26.4. The van der Waals surface area contributed by atoms with Crippen molar-refractivity contribution in [3.8, 4) is 0 Å². The highest BCUT2D eigenvalue weighted by Crippen LogP contribution is 2.31. The Kier molecular flexibility index (Phi) is 5.97. The number of hydrogen-bond acceptors (Lipinski definition) is 2. The van der Waals surface area contributed by atoms with Crippen molar-refractivity contribution in [1.82, 2.24) is 0 Å². The predicted octanol–water partition coefficient (Wildman–Crippen LogP) is 4.42. The third-order valence-corrected chi connectivity index (χ3v) is 4.26. The highest BCUT2D eigenvalue weighted by Gasteiger charge is 2.22. The van der Waals surface area contributed by atoms with E-state index in [0.717, 1.165) is 28.1 Å². The van der Waals surface area contributed by atoms with Crippen molar-refractivity contribution in [3.63, 3.8) is 0 Å². The second-order valence-electron chi connectivity index (χ2n) is 6.64. The number of carbonyl (C=O) groups is 2. The summed E-state index contributed by atoms with van der Waals surface area (Å²) in [5.74, 6) is -0.0882. The first-order valence-electron chi connectivity index (χ1n) is 8.54. The quantitative estimate of drug-likeness (QED) is 0.877. The zero-order chi connectivity index (χ0) is 18.6. The molecule has 0 heterocycles.